The Balaban J connectivity index is 2.02. The molecule has 1 aliphatic rings. The van der Waals surface area contributed by atoms with E-state index >= 15 is 0 Å². The summed E-state index contributed by atoms with van der Waals surface area (Å²) in [5.74, 6) is 0. The van der Waals surface area contributed by atoms with Crippen LogP contribution < -0.4 is 10.6 Å². The van der Waals surface area contributed by atoms with E-state index in [0.717, 1.165) is 10.6 Å². The first-order chi connectivity index (χ1) is 10.1. The van der Waals surface area contributed by atoms with Gasteiger partial charge in [-0.05, 0) is 6.92 Å². The zero-order valence-electron chi connectivity index (χ0n) is 12.0. The smallest absolute Gasteiger partial charge is 0.146 e. The zero-order chi connectivity index (χ0) is 14.9. The van der Waals surface area contributed by atoms with Gasteiger partial charge in [0.1, 0.15) is 18.8 Å². The van der Waals surface area contributed by atoms with Crippen LogP contribution in [0.4, 0.5) is 0 Å². The molecule has 21 heavy (non-hydrogen) atoms. The molecule has 1 fully saturated rings. The molecule has 0 aromatic heterocycles. The predicted molar refractivity (Wildman–Crippen MR) is 85.0 cm³/mol. The largest absolute Gasteiger partial charge is 0.394 e. The van der Waals surface area contributed by atoms with Gasteiger partial charge >= 0.3 is 0 Å². The van der Waals surface area contributed by atoms with E-state index in [4.69, 9.17) is 4.74 Å². The minimum atomic E-state index is -2.77. The van der Waals surface area contributed by atoms with Gasteiger partial charge in [0.05, 0.1) is 6.61 Å². The minimum Gasteiger partial charge on any atom is -0.394 e. The molecule has 0 spiro atoms. The van der Waals surface area contributed by atoms with E-state index in [0.29, 0.717) is 6.16 Å². The van der Waals surface area contributed by atoms with E-state index in [2.05, 4.69) is 0 Å². The topological polar surface area (TPSA) is 49.8 Å². The summed E-state index contributed by atoms with van der Waals surface area (Å²) in [5.41, 5.74) is -0.504. The second-order valence-electron chi connectivity index (χ2n) is 5.67. The van der Waals surface area contributed by atoms with Gasteiger partial charge in [-0.3, -0.25) is 0 Å². The molecule has 2 atom stereocenters. The maximum absolute atomic E-state index is 13.8. The van der Waals surface area contributed by atoms with Gasteiger partial charge in [0.15, 0.2) is 0 Å². The molecule has 1 saturated heterocycles. The Morgan fingerprint density at radius 3 is 1.90 bits per heavy atom. The van der Waals surface area contributed by atoms with Gasteiger partial charge in [-0.25, -0.2) is 0 Å². The van der Waals surface area contributed by atoms with Crippen molar-refractivity contribution in [2.45, 2.75) is 18.6 Å². The lowest BCUT2D eigenvalue weighted by atomic mass is 10.1. The molecule has 0 saturated carbocycles. The summed E-state index contributed by atoms with van der Waals surface area (Å²) in [6.07, 6.45) is 0.206. The number of benzene rings is 2. The molecule has 2 aromatic carbocycles. The fourth-order valence-electron chi connectivity index (χ4n) is 2.77. The van der Waals surface area contributed by atoms with E-state index < -0.39 is 12.7 Å². The van der Waals surface area contributed by atoms with Crippen molar-refractivity contribution in [3.8, 4) is 0 Å². The predicted octanol–water partition coefficient (Wildman–Crippen LogP) is 2.15. The second kappa shape index (κ2) is 5.42. The number of ether oxygens (including phenoxy) is 1. The van der Waals surface area contributed by atoms with Gasteiger partial charge in [0, 0.05) is 16.8 Å². The van der Waals surface area contributed by atoms with Gasteiger partial charge in [0.25, 0.3) is 0 Å². The molecular formula is C17H19O3P. The Morgan fingerprint density at radius 2 is 1.52 bits per heavy atom. The normalized spacial score (nSPS) is 24.8. The highest BCUT2D eigenvalue weighted by atomic mass is 31.2. The van der Waals surface area contributed by atoms with E-state index in [1.54, 1.807) is 0 Å². The lowest BCUT2D eigenvalue weighted by molar-refractivity contribution is 0.238. The highest BCUT2D eigenvalue weighted by molar-refractivity contribution is 7.78. The average molecular weight is 302 g/mol. The first-order valence-corrected chi connectivity index (χ1v) is 8.97. The van der Waals surface area contributed by atoms with Crippen molar-refractivity contribution >= 4 is 17.8 Å². The maximum Gasteiger partial charge on any atom is 0.146 e. The third-order valence-corrected chi connectivity index (χ3v) is 7.42. The maximum atomic E-state index is 13.8. The van der Waals surface area contributed by atoms with Crippen LogP contribution in [0.15, 0.2) is 60.7 Å². The first kappa shape index (κ1) is 14.5. The first-order valence-electron chi connectivity index (χ1n) is 7.07. The van der Waals surface area contributed by atoms with Crippen LogP contribution in [0.5, 0.6) is 0 Å². The molecular weight excluding hydrogens is 283 g/mol. The van der Waals surface area contributed by atoms with E-state index in [-0.39, 0.29) is 12.7 Å². The highest BCUT2D eigenvalue weighted by Crippen LogP contribution is 2.52. The Labute approximate surface area is 125 Å². The van der Waals surface area contributed by atoms with Crippen LogP contribution in [0.2, 0.25) is 0 Å². The van der Waals surface area contributed by atoms with Crippen LogP contribution in [0.3, 0.4) is 0 Å². The third kappa shape index (κ3) is 2.69. The summed E-state index contributed by atoms with van der Waals surface area (Å²) < 4.78 is 19.3. The Kier molecular flexibility index (Phi) is 3.75. The third-order valence-electron chi connectivity index (χ3n) is 4.08. The fourth-order valence-corrected chi connectivity index (χ4v) is 5.90. The molecule has 2 aromatic rings. The molecule has 110 valence electrons. The highest BCUT2D eigenvalue weighted by Gasteiger charge is 2.55. The van der Waals surface area contributed by atoms with Gasteiger partial charge in [-0.1, -0.05) is 60.7 Å². The van der Waals surface area contributed by atoms with E-state index in [1.165, 1.54) is 0 Å². The molecule has 4 heteroatoms. The quantitative estimate of drug-likeness (QED) is 0.680. The molecule has 1 heterocycles. The monoisotopic (exact) mass is 302 g/mol. The SMILES string of the molecule is CC1(CP(=O)(c2ccccc2)c2ccccc2)OC1CO. The van der Waals surface area contributed by atoms with Crippen LogP contribution in [-0.4, -0.2) is 29.6 Å². The summed E-state index contributed by atoms with van der Waals surface area (Å²) in [5, 5.41) is 10.9. The lowest BCUT2D eigenvalue weighted by Gasteiger charge is -2.21. The van der Waals surface area contributed by atoms with Crippen molar-refractivity contribution in [2.24, 2.45) is 0 Å². The number of aliphatic hydroxyl groups is 1. The molecule has 3 rings (SSSR count). The molecule has 1 aliphatic heterocycles. The summed E-state index contributed by atoms with van der Waals surface area (Å²) in [7, 11) is -2.77. The number of epoxide rings is 1. The van der Waals surface area contributed by atoms with Crippen LogP contribution in [0, 0.1) is 0 Å². The van der Waals surface area contributed by atoms with Crippen molar-refractivity contribution in [3.05, 3.63) is 60.7 Å². The van der Waals surface area contributed by atoms with Crippen molar-refractivity contribution in [1.82, 2.24) is 0 Å². The average Bonchev–Trinajstić information content (AvgIpc) is 3.19. The second-order valence-corrected chi connectivity index (χ2v) is 8.50. The summed E-state index contributed by atoms with van der Waals surface area (Å²) in [6, 6.07) is 19.1. The fraction of sp³-hybridized carbons (Fsp3) is 0.294. The molecule has 0 radical (unpaired) electrons. The number of hydrogen-bond donors (Lipinski definition) is 1. The molecule has 1 N–H and O–H groups in total. The Morgan fingerprint density at radius 1 is 1.05 bits per heavy atom. The summed E-state index contributed by atoms with van der Waals surface area (Å²) in [6.45, 7) is 1.90. The summed E-state index contributed by atoms with van der Waals surface area (Å²) >= 11 is 0. The van der Waals surface area contributed by atoms with Gasteiger partial charge in [0.2, 0.25) is 0 Å². The number of hydrogen-bond acceptors (Lipinski definition) is 3. The van der Waals surface area contributed by atoms with Crippen molar-refractivity contribution in [1.29, 1.82) is 0 Å². The van der Waals surface area contributed by atoms with Crippen molar-refractivity contribution in [3.63, 3.8) is 0 Å². The zero-order valence-corrected chi connectivity index (χ0v) is 12.9. The van der Waals surface area contributed by atoms with Crippen LogP contribution in [0.25, 0.3) is 0 Å². The molecule has 0 bridgehead atoms. The molecule has 3 nitrogen and oxygen atoms in total. The van der Waals surface area contributed by atoms with Crippen molar-refractivity contribution < 1.29 is 14.4 Å². The minimum absolute atomic E-state index is 0.0277. The lowest BCUT2D eigenvalue weighted by Crippen LogP contribution is -2.27. The Bertz CT molecular complexity index is 613. The van der Waals surface area contributed by atoms with Gasteiger partial charge in [-0.2, -0.15) is 0 Å². The number of aliphatic hydroxyl groups excluding tert-OH is 1. The van der Waals surface area contributed by atoms with Crippen LogP contribution in [0.1, 0.15) is 6.92 Å². The van der Waals surface area contributed by atoms with Gasteiger partial charge < -0.3 is 14.4 Å². The van der Waals surface area contributed by atoms with Crippen LogP contribution >= 0.6 is 7.14 Å². The standard InChI is InChI=1S/C17H19O3P/c1-17(16(12-18)20-17)13-21(19,14-8-4-2-5-9-14)15-10-6-3-7-11-15/h2-11,16,18H,12-13H2,1H3. The summed E-state index contributed by atoms with van der Waals surface area (Å²) in [4.78, 5) is 0. The van der Waals surface area contributed by atoms with Crippen molar-refractivity contribution in [2.75, 3.05) is 12.8 Å². The molecule has 0 aliphatic carbocycles. The van der Waals surface area contributed by atoms with E-state index in [9.17, 15) is 9.67 Å². The number of rotatable bonds is 5. The molecule has 2 unspecified atom stereocenters. The van der Waals surface area contributed by atoms with Crippen LogP contribution in [-0.2, 0) is 9.30 Å². The van der Waals surface area contributed by atoms with E-state index in [1.807, 2.05) is 67.6 Å². The Hall–Kier alpha value is -1.41. The molecule has 0 amide bonds. The van der Waals surface area contributed by atoms with Gasteiger partial charge in [-0.15, -0.1) is 0 Å².